The maximum absolute atomic E-state index is 13.2. The molecule has 12 aliphatic rings. The standard InChI is InChI=1S/2C44H50N4O3S4.CH4/c1-9-30-24(3)33-19-38-41(28(7)51-20-29-12-10-23(2)11-13-29)26(5)35(46-38)17-34-25(4)31(14-15-40(50)53-22-55-54-21-52-8)43(47-34)32-16-39(49)42-27(6)36(48-44(32)42)18-37(30)45-33;1-9-30-24(3)33-19-38-41(28(7)51-20-29-12-10-11-23(2)15-29)26(5)35(46-38)17-34-25(4)31(13-14-40(50)53-22-55-54-21-52-8)43(47-34)32-16-39(49)42-27(6)36(48-44(32)42)18-37(30)45-33;/h10-13,17-19,25,28,31,47,49H,9,14-16,20-22H2,1-8H3;10-12,15,17-19,25,28,31,47,49H,9,13-14,16,20-22H2,1-8H3;1H4/t2*25?,28?,31-;/m00./s1. The lowest BCUT2D eigenvalue weighted by Crippen LogP contribution is -2.15. The second-order valence-corrected chi connectivity index (χ2v) is 39.8. The number of carbonyl (C=O) groups is 2. The number of ether oxygens (including phenoxy) is 2. The van der Waals surface area contributed by atoms with E-state index in [0.29, 0.717) is 63.3 Å². The predicted molar refractivity (Wildman–Crippen MR) is 482 cm³/mol. The summed E-state index contributed by atoms with van der Waals surface area (Å²) in [7, 11) is 7.07. The van der Waals surface area contributed by atoms with Gasteiger partial charge in [0.2, 0.25) is 0 Å². The van der Waals surface area contributed by atoms with E-state index < -0.39 is 0 Å². The van der Waals surface area contributed by atoms with Gasteiger partial charge in [0, 0.05) is 116 Å². The molecular formula is C89H104N8O6S8. The van der Waals surface area contributed by atoms with E-state index in [4.69, 9.17) is 39.4 Å². The third kappa shape index (κ3) is 18.0. The zero-order valence-electron chi connectivity index (χ0n) is 65.9. The van der Waals surface area contributed by atoms with Gasteiger partial charge >= 0.3 is 0 Å². The van der Waals surface area contributed by atoms with Crippen LogP contribution in [0.4, 0.5) is 0 Å². The Labute approximate surface area is 690 Å². The number of rotatable bonds is 26. The molecule has 111 heavy (non-hydrogen) atoms. The molecule has 0 amide bonds. The van der Waals surface area contributed by atoms with Crippen LogP contribution in [-0.4, -0.2) is 99.8 Å². The average Bonchev–Trinajstić information content (AvgIpc) is 1.59. The quantitative estimate of drug-likeness (QED) is 0.0395. The molecule has 14 rings (SSSR count). The third-order valence-electron chi connectivity index (χ3n) is 22.6. The van der Waals surface area contributed by atoms with Crippen LogP contribution < -0.4 is 10.6 Å². The van der Waals surface area contributed by atoms with Crippen molar-refractivity contribution in [3.05, 3.63) is 254 Å². The largest absolute Gasteiger partial charge is 0.511 e. The Hall–Kier alpha value is -6.44. The van der Waals surface area contributed by atoms with Crippen molar-refractivity contribution in [2.24, 2.45) is 53.6 Å². The van der Waals surface area contributed by atoms with Gasteiger partial charge in [0.25, 0.3) is 0 Å². The van der Waals surface area contributed by atoms with Gasteiger partial charge in [-0.25, -0.2) is 30.0 Å². The molecule has 10 aliphatic heterocycles. The normalized spacial score (nSPS) is 22.1. The zero-order chi connectivity index (χ0) is 77.9. The first-order chi connectivity index (χ1) is 53.0. The Morgan fingerprint density at radius 1 is 0.505 bits per heavy atom. The number of fused-ring (bicyclic) bond motifs is 10. The molecule has 2 saturated heterocycles. The molecular weight excluding hydrogens is 1530 g/mol. The first kappa shape index (κ1) is 84.0. The van der Waals surface area contributed by atoms with Crippen LogP contribution in [0.25, 0.3) is 0 Å². The zero-order valence-corrected chi connectivity index (χ0v) is 72.5. The highest BCUT2D eigenvalue weighted by molar-refractivity contribution is 8.80. The summed E-state index contributed by atoms with van der Waals surface area (Å²) in [6.45, 7) is 30.9. The molecule has 14 nitrogen and oxygen atoms in total. The number of allylic oxidation sites excluding steroid dienone is 22. The SMILES string of the molecule is C.CCC1=C(C)C2=NC1=CC1=C(C)C3=C(O)CC(=C4NC(=CC5=NC(=C2)C(C(C)OCc2ccc(C)cc2)=C5C)C(C)[C@@H]4CCC(=O)SCSSCSC)C3=N1.CCC1=C(C)C2=NC1=CC1=C(C)C3=C(O)CC(=C4NC(=CC5=NC(=C2)C(C(C)OCc2cccc(C)c2)=C5C)C(C)[C@@H]4CCC(=O)SCSSCSC)C3=N1. The number of nitrogens with zero attached hydrogens (tertiary/aromatic N) is 6. The number of aliphatic imine (C=N–C) groups is 6. The van der Waals surface area contributed by atoms with Crippen molar-refractivity contribution >= 4 is 135 Å². The van der Waals surface area contributed by atoms with Crippen molar-refractivity contribution in [2.75, 3.05) is 32.9 Å². The van der Waals surface area contributed by atoms with Crippen LogP contribution in [0.2, 0.25) is 0 Å². The number of thioether (sulfide) groups is 4. The van der Waals surface area contributed by atoms with E-state index in [1.807, 2.05) is 13.8 Å². The number of aliphatic hydroxyl groups excluding tert-OH is 2. The molecule has 0 saturated carbocycles. The van der Waals surface area contributed by atoms with Crippen LogP contribution in [0.5, 0.6) is 0 Å². The van der Waals surface area contributed by atoms with Gasteiger partial charge in [-0.3, -0.25) is 9.59 Å². The molecule has 584 valence electrons. The van der Waals surface area contributed by atoms with Crippen molar-refractivity contribution in [2.45, 2.75) is 181 Å². The van der Waals surface area contributed by atoms with Crippen LogP contribution in [0.1, 0.15) is 164 Å². The van der Waals surface area contributed by atoms with E-state index >= 15 is 0 Å². The molecule has 2 aliphatic carbocycles. The highest BCUT2D eigenvalue weighted by Gasteiger charge is 2.44. The Bertz CT molecular complexity index is 4950. The summed E-state index contributed by atoms with van der Waals surface area (Å²) >= 11 is 6.43. The van der Waals surface area contributed by atoms with Gasteiger partial charge in [0.1, 0.15) is 11.5 Å². The van der Waals surface area contributed by atoms with E-state index in [2.05, 4.69) is 191 Å². The van der Waals surface area contributed by atoms with Crippen molar-refractivity contribution in [3.63, 3.8) is 0 Å². The van der Waals surface area contributed by atoms with E-state index in [1.54, 1.807) is 66.7 Å². The average molecular weight is 1640 g/mol. The highest BCUT2D eigenvalue weighted by Crippen LogP contribution is 2.50. The summed E-state index contributed by atoms with van der Waals surface area (Å²) < 4.78 is 13.2. The fourth-order valence-corrected chi connectivity index (χ4v) is 25.3. The van der Waals surface area contributed by atoms with Crippen molar-refractivity contribution < 1.29 is 29.3 Å². The van der Waals surface area contributed by atoms with Gasteiger partial charge in [0.15, 0.2) is 10.2 Å². The molecule has 2 aromatic rings. The van der Waals surface area contributed by atoms with Crippen molar-refractivity contribution in [1.82, 2.24) is 10.6 Å². The maximum atomic E-state index is 13.2. The molecule has 2 aromatic carbocycles. The van der Waals surface area contributed by atoms with E-state index in [9.17, 15) is 19.8 Å². The smallest absolute Gasteiger partial charge is 0.189 e. The first-order valence-electron chi connectivity index (χ1n) is 38.0. The summed E-state index contributed by atoms with van der Waals surface area (Å²) in [5, 5.41) is 34.5. The van der Waals surface area contributed by atoms with Gasteiger partial charge in [-0.05, 0) is 200 Å². The van der Waals surface area contributed by atoms with Gasteiger partial charge in [-0.2, -0.15) is 23.5 Å². The van der Waals surface area contributed by atoms with Gasteiger partial charge in [0.05, 0.1) is 104 Å². The molecule has 0 radical (unpaired) electrons. The van der Waals surface area contributed by atoms with Crippen LogP contribution in [0, 0.1) is 37.5 Å². The number of hydrogen-bond donors (Lipinski definition) is 4. The van der Waals surface area contributed by atoms with Crippen LogP contribution in [0.15, 0.2) is 261 Å². The van der Waals surface area contributed by atoms with Gasteiger partial charge in [-0.1, -0.05) is 161 Å². The molecule has 4 N–H and O–H groups in total. The summed E-state index contributed by atoms with van der Waals surface area (Å²) in [5.41, 5.74) is 33.8. The summed E-state index contributed by atoms with van der Waals surface area (Å²) in [5.74, 6) is 0.971. The lowest BCUT2D eigenvalue weighted by molar-refractivity contribution is -0.112. The predicted octanol–water partition coefficient (Wildman–Crippen LogP) is 23.2. The Balaban J connectivity index is 0.000000204. The fourth-order valence-electron chi connectivity index (χ4n) is 16.5. The number of benzene rings is 2. The van der Waals surface area contributed by atoms with E-state index in [1.165, 1.54) is 45.8 Å². The van der Waals surface area contributed by atoms with Crippen LogP contribution >= 0.6 is 90.2 Å². The minimum absolute atomic E-state index is 0. The summed E-state index contributed by atoms with van der Waals surface area (Å²) in [4.78, 5) is 57.8. The topological polar surface area (TPSA) is 191 Å². The molecule has 10 heterocycles. The molecule has 2 fully saturated rings. The lowest BCUT2D eigenvalue weighted by Gasteiger charge is -2.17. The number of nitrogens with one attached hydrogen (secondary N) is 2. The van der Waals surface area contributed by atoms with Crippen molar-refractivity contribution in [1.29, 1.82) is 0 Å². The lowest BCUT2D eigenvalue weighted by atomic mass is 9.86. The highest BCUT2D eigenvalue weighted by atomic mass is 33.1. The van der Waals surface area contributed by atoms with Gasteiger partial charge < -0.3 is 30.3 Å². The summed E-state index contributed by atoms with van der Waals surface area (Å²) in [6, 6.07) is 16.9. The van der Waals surface area contributed by atoms with E-state index in [0.717, 1.165) is 202 Å². The van der Waals surface area contributed by atoms with Crippen LogP contribution in [-0.2, 0) is 32.3 Å². The Morgan fingerprint density at radius 2 is 0.919 bits per heavy atom. The molecule has 0 spiro atoms. The minimum atomic E-state index is -0.217. The third-order valence-corrected chi connectivity index (χ3v) is 32.8. The number of hydrogen-bond acceptors (Lipinski definition) is 22. The molecule has 16 bridgehead atoms. The minimum Gasteiger partial charge on any atom is -0.511 e. The monoisotopic (exact) mass is 1640 g/mol. The second-order valence-electron chi connectivity index (χ2n) is 29.6. The molecule has 4 unspecified atom stereocenters. The summed E-state index contributed by atoms with van der Waals surface area (Å²) in [6.07, 6.45) is 21.4. The Morgan fingerprint density at radius 3 is 1.34 bits per heavy atom. The molecule has 6 atom stereocenters. The first-order valence-corrected chi connectivity index (χ1v) is 47.8. The maximum Gasteiger partial charge on any atom is 0.189 e. The molecule has 22 heteroatoms. The Kier molecular flexibility index (Phi) is 28.0. The van der Waals surface area contributed by atoms with Crippen molar-refractivity contribution in [3.8, 4) is 0 Å². The number of aliphatic hydroxyl groups is 2. The second kappa shape index (κ2) is 37.0. The van der Waals surface area contributed by atoms with Gasteiger partial charge in [-0.15, -0.1) is 0 Å². The van der Waals surface area contributed by atoms with Crippen LogP contribution in [0.3, 0.4) is 0 Å². The number of aryl methyl sites for hydroxylation is 2. The van der Waals surface area contributed by atoms with E-state index in [-0.39, 0.29) is 53.5 Å². The fraction of sp³-hybridized carbons (Fsp3) is 0.416. The molecule has 0 aromatic heterocycles. The number of carbonyl (C=O) groups excluding carboxylic acids is 2.